The molecule has 0 bridgehead atoms. The summed E-state index contributed by atoms with van der Waals surface area (Å²) in [5.41, 5.74) is 1.27. The van der Waals surface area contributed by atoms with Crippen LogP contribution in [0.25, 0.3) is 0 Å². The number of hydrogen-bond donors (Lipinski definition) is 1. The van der Waals surface area contributed by atoms with Crippen LogP contribution in [0.1, 0.15) is 33.3 Å². The van der Waals surface area contributed by atoms with Crippen LogP contribution in [0.5, 0.6) is 5.75 Å². The van der Waals surface area contributed by atoms with Gasteiger partial charge in [-0.25, -0.2) is 0 Å². The molecule has 1 aromatic rings. The third-order valence-electron chi connectivity index (χ3n) is 2.30. The zero-order valence-corrected chi connectivity index (χ0v) is 12.8. The minimum Gasteiger partial charge on any atom is -0.475 e. The first-order valence-corrected chi connectivity index (χ1v) is 6.71. The normalized spacial score (nSPS) is 12.9. The standard InChI is InChI=1S/C14H19BrN2O/c1-10(8-16)18-13-6-5-11(7-12(13)15)9-17-14(2,3)4/h5-7,10,17H,9H2,1-4H3. The number of nitrogens with zero attached hydrogens (tertiary/aromatic N) is 1. The molecule has 0 heterocycles. The number of rotatable bonds is 4. The van der Waals surface area contributed by atoms with Gasteiger partial charge in [0.05, 0.1) is 4.47 Å². The van der Waals surface area contributed by atoms with Crippen molar-refractivity contribution >= 4 is 15.9 Å². The van der Waals surface area contributed by atoms with Crippen molar-refractivity contribution in [1.29, 1.82) is 5.26 Å². The van der Waals surface area contributed by atoms with E-state index in [1.54, 1.807) is 6.92 Å². The van der Waals surface area contributed by atoms with E-state index in [0.717, 1.165) is 11.0 Å². The molecule has 98 valence electrons. The summed E-state index contributed by atoms with van der Waals surface area (Å²) in [6, 6.07) is 7.95. The van der Waals surface area contributed by atoms with Crippen LogP contribution < -0.4 is 10.1 Å². The van der Waals surface area contributed by atoms with E-state index in [9.17, 15) is 0 Å². The molecule has 0 amide bonds. The summed E-state index contributed by atoms with van der Waals surface area (Å²) in [4.78, 5) is 0. The summed E-state index contributed by atoms with van der Waals surface area (Å²) in [6.07, 6.45) is -0.445. The second-order valence-electron chi connectivity index (χ2n) is 5.26. The molecule has 0 aliphatic rings. The van der Waals surface area contributed by atoms with E-state index < -0.39 is 6.10 Å². The van der Waals surface area contributed by atoms with Gasteiger partial charge in [-0.05, 0) is 61.3 Å². The number of hydrogen-bond acceptors (Lipinski definition) is 3. The molecule has 3 nitrogen and oxygen atoms in total. The summed E-state index contributed by atoms with van der Waals surface area (Å²) < 4.78 is 6.34. The van der Waals surface area contributed by atoms with Gasteiger partial charge in [-0.3, -0.25) is 0 Å². The van der Waals surface area contributed by atoms with E-state index in [0.29, 0.717) is 5.75 Å². The van der Waals surface area contributed by atoms with Gasteiger partial charge in [0, 0.05) is 12.1 Å². The molecule has 0 aliphatic carbocycles. The molecule has 1 unspecified atom stereocenters. The van der Waals surface area contributed by atoms with Gasteiger partial charge in [-0.15, -0.1) is 0 Å². The van der Waals surface area contributed by atoms with Crippen LogP contribution in [0.3, 0.4) is 0 Å². The lowest BCUT2D eigenvalue weighted by atomic mass is 10.1. The van der Waals surface area contributed by atoms with Crippen LogP contribution in [-0.4, -0.2) is 11.6 Å². The Bertz CT molecular complexity index is 446. The predicted octanol–water partition coefficient (Wildman–Crippen LogP) is 3.63. The second kappa shape index (κ2) is 6.21. The molecule has 0 aliphatic heterocycles. The van der Waals surface area contributed by atoms with Crippen LogP contribution in [0, 0.1) is 11.3 Å². The molecule has 0 fully saturated rings. The third kappa shape index (κ3) is 5.07. The fourth-order valence-electron chi connectivity index (χ4n) is 1.33. The Labute approximate surface area is 117 Å². The Morgan fingerprint density at radius 3 is 2.61 bits per heavy atom. The summed E-state index contributed by atoms with van der Waals surface area (Å²) in [5.74, 6) is 0.698. The van der Waals surface area contributed by atoms with Crippen molar-refractivity contribution in [2.75, 3.05) is 0 Å². The third-order valence-corrected chi connectivity index (χ3v) is 2.92. The first-order chi connectivity index (χ1) is 8.31. The number of ether oxygens (including phenoxy) is 1. The molecule has 0 spiro atoms. The first-order valence-electron chi connectivity index (χ1n) is 5.91. The maximum Gasteiger partial charge on any atom is 0.181 e. The van der Waals surface area contributed by atoms with Crippen LogP contribution >= 0.6 is 15.9 Å². The Morgan fingerprint density at radius 2 is 2.11 bits per heavy atom. The van der Waals surface area contributed by atoms with Gasteiger partial charge in [0.15, 0.2) is 6.10 Å². The lowest BCUT2D eigenvalue weighted by Crippen LogP contribution is -2.35. The molecule has 1 aromatic carbocycles. The molecule has 4 heteroatoms. The minimum absolute atomic E-state index is 0.0942. The number of nitriles is 1. The van der Waals surface area contributed by atoms with Crippen molar-refractivity contribution in [2.45, 2.75) is 45.9 Å². The largest absolute Gasteiger partial charge is 0.475 e. The van der Waals surface area contributed by atoms with E-state index in [1.165, 1.54) is 5.56 Å². The Hall–Kier alpha value is -1.05. The Kier molecular flexibility index (Phi) is 5.18. The topological polar surface area (TPSA) is 45.0 Å². The fourth-order valence-corrected chi connectivity index (χ4v) is 1.85. The quantitative estimate of drug-likeness (QED) is 0.923. The molecular formula is C14H19BrN2O. The van der Waals surface area contributed by atoms with Gasteiger partial charge in [0.25, 0.3) is 0 Å². The first kappa shape index (κ1) is 15.0. The van der Waals surface area contributed by atoms with E-state index in [4.69, 9.17) is 10.00 Å². The van der Waals surface area contributed by atoms with Gasteiger partial charge in [0.1, 0.15) is 11.8 Å². The number of halogens is 1. The molecular weight excluding hydrogens is 292 g/mol. The highest BCUT2D eigenvalue weighted by Gasteiger charge is 2.10. The molecule has 1 N–H and O–H groups in total. The summed E-state index contributed by atoms with van der Waals surface area (Å²) in [5, 5.41) is 12.1. The van der Waals surface area contributed by atoms with Crippen molar-refractivity contribution < 1.29 is 4.74 Å². The van der Waals surface area contributed by atoms with Crippen molar-refractivity contribution in [3.8, 4) is 11.8 Å². The SMILES string of the molecule is CC(C#N)Oc1ccc(CNC(C)(C)C)cc1Br. The average Bonchev–Trinajstić information content (AvgIpc) is 2.28. The summed E-state index contributed by atoms with van der Waals surface area (Å²) in [7, 11) is 0. The fraction of sp³-hybridized carbons (Fsp3) is 0.500. The maximum atomic E-state index is 8.72. The van der Waals surface area contributed by atoms with E-state index in [1.807, 2.05) is 24.3 Å². The molecule has 0 radical (unpaired) electrons. The van der Waals surface area contributed by atoms with Crippen LogP contribution in [0.4, 0.5) is 0 Å². The molecule has 0 saturated carbocycles. The van der Waals surface area contributed by atoms with Crippen molar-refractivity contribution in [2.24, 2.45) is 0 Å². The van der Waals surface area contributed by atoms with E-state index in [-0.39, 0.29) is 5.54 Å². The van der Waals surface area contributed by atoms with Gasteiger partial charge in [-0.1, -0.05) is 6.07 Å². The van der Waals surface area contributed by atoms with Crippen LogP contribution in [0.15, 0.2) is 22.7 Å². The average molecular weight is 311 g/mol. The van der Waals surface area contributed by atoms with Gasteiger partial charge >= 0.3 is 0 Å². The van der Waals surface area contributed by atoms with Gasteiger partial charge in [-0.2, -0.15) is 5.26 Å². The van der Waals surface area contributed by atoms with Gasteiger partial charge in [0.2, 0.25) is 0 Å². The summed E-state index contributed by atoms with van der Waals surface area (Å²) >= 11 is 3.46. The molecule has 0 saturated heterocycles. The van der Waals surface area contributed by atoms with Gasteiger partial charge < -0.3 is 10.1 Å². The van der Waals surface area contributed by atoms with Crippen molar-refractivity contribution in [1.82, 2.24) is 5.32 Å². The second-order valence-corrected chi connectivity index (χ2v) is 6.11. The zero-order chi connectivity index (χ0) is 13.8. The molecule has 0 aromatic heterocycles. The lowest BCUT2D eigenvalue weighted by Gasteiger charge is -2.21. The van der Waals surface area contributed by atoms with E-state index >= 15 is 0 Å². The number of nitrogens with one attached hydrogen (secondary N) is 1. The Balaban J connectivity index is 2.71. The smallest absolute Gasteiger partial charge is 0.181 e. The monoisotopic (exact) mass is 310 g/mol. The highest BCUT2D eigenvalue weighted by atomic mass is 79.9. The summed E-state index contributed by atoms with van der Waals surface area (Å²) in [6.45, 7) is 8.92. The predicted molar refractivity (Wildman–Crippen MR) is 76.4 cm³/mol. The van der Waals surface area contributed by atoms with Crippen LogP contribution in [0.2, 0.25) is 0 Å². The van der Waals surface area contributed by atoms with Crippen molar-refractivity contribution in [3.63, 3.8) is 0 Å². The molecule has 18 heavy (non-hydrogen) atoms. The van der Waals surface area contributed by atoms with Crippen molar-refractivity contribution in [3.05, 3.63) is 28.2 Å². The Morgan fingerprint density at radius 1 is 1.44 bits per heavy atom. The number of benzene rings is 1. The molecule has 1 rings (SSSR count). The molecule has 1 atom stereocenters. The maximum absolute atomic E-state index is 8.72. The highest BCUT2D eigenvalue weighted by molar-refractivity contribution is 9.10. The lowest BCUT2D eigenvalue weighted by molar-refractivity contribution is 0.274. The van der Waals surface area contributed by atoms with Crippen LogP contribution in [-0.2, 0) is 6.54 Å². The zero-order valence-electron chi connectivity index (χ0n) is 11.2. The minimum atomic E-state index is -0.445. The van der Waals surface area contributed by atoms with E-state index in [2.05, 4.69) is 42.0 Å². The highest BCUT2D eigenvalue weighted by Crippen LogP contribution is 2.27.